The Labute approximate surface area is 153 Å². The summed E-state index contributed by atoms with van der Waals surface area (Å²) in [6, 6.07) is 0.404. The number of carbonyl (C=O) groups excluding carboxylic acids is 2. The Morgan fingerprint density at radius 2 is 1.76 bits per heavy atom. The van der Waals surface area contributed by atoms with E-state index in [0.717, 1.165) is 25.7 Å². The Balaban J connectivity index is 0.000000880. The predicted octanol–water partition coefficient (Wildman–Crippen LogP) is 4.69. The Hall–Kier alpha value is -0.860. The molecule has 1 amide bonds. The van der Waals surface area contributed by atoms with Crippen molar-refractivity contribution in [2.45, 2.75) is 85.6 Å². The summed E-state index contributed by atoms with van der Waals surface area (Å²) in [5.74, 6) is 3.41. The first-order valence-electron chi connectivity index (χ1n) is 10.5. The van der Waals surface area contributed by atoms with Gasteiger partial charge in [-0.2, -0.15) is 0 Å². The predicted molar refractivity (Wildman–Crippen MR) is 101 cm³/mol. The van der Waals surface area contributed by atoms with E-state index in [1.807, 2.05) is 20.9 Å². The fraction of sp³-hybridized carbons (Fsp3) is 0.909. The molecule has 0 bridgehead atoms. The van der Waals surface area contributed by atoms with E-state index in [2.05, 4.69) is 25.7 Å². The molecule has 5 unspecified atom stereocenters. The molecule has 4 fully saturated rings. The van der Waals surface area contributed by atoms with Crippen molar-refractivity contribution >= 4 is 11.7 Å². The van der Waals surface area contributed by atoms with Crippen molar-refractivity contribution in [1.29, 1.82) is 0 Å². The van der Waals surface area contributed by atoms with Gasteiger partial charge in [0.1, 0.15) is 5.78 Å². The number of ketones is 1. The molecule has 0 aromatic heterocycles. The summed E-state index contributed by atoms with van der Waals surface area (Å²) in [6.07, 6.45) is 6.97. The third-order valence-corrected chi connectivity index (χ3v) is 8.50. The summed E-state index contributed by atoms with van der Waals surface area (Å²) in [6.45, 7) is 11.2. The van der Waals surface area contributed by atoms with Gasteiger partial charge in [-0.05, 0) is 60.2 Å². The first-order chi connectivity index (χ1) is 11.8. The molecule has 4 rings (SSSR count). The van der Waals surface area contributed by atoms with E-state index in [1.165, 1.54) is 12.8 Å². The normalized spacial score (nSPS) is 48.9. The van der Waals surface area contributed by atoms with Gasteiger partial charge in [0.05, 0.1) is 0 Å². The zero-order valence-corrected chi connectivity index (χ0v) is 17.1. The van der Waals surface area contributed by atoms with E-state index >= 15 is 0 Å². The Kier molecular flexibility index (Phi) is 4.83. The SMILES string of the molecule is CC.CC1CC2N(C)C(=O)CC[C@]2(C)C2CC[C@]3(C)CC(=O)CC3C12. The summed E-state index contributed by atoms with van der Waals surface area (Å²) in [5, 5.41) is 0. The topological polar surface area (TPSA) is 37.4 Å². The molecule has 0 aromatic carbocycles. The molecule has 142 valence electrons. The van der Waals surface area contributed by atoms with Crippen LogP contribution in [-0.2, 0) is 9.59 Å². The van der Waals surface area contributed by atoms with Gasteiger partial charge in [-0.3, -0.25) is 9.59 Å². The molecular weight excluding hydrogens is 310 g/mol. The lowest BCUT2D eigenvalue weighted by atomic mass is 9.45. The smallest absolute Gasteiger partial charge is 0.222 e. The van der Waals surface area contributed by atoms with Crippen molar-refractivity contribution in [3.63, 3.8) is 0 Å². The van der Waals surface area contributed by atoms with Crippen LogP contribution in [0.15, 0.2) is 0 Å². The Morgan fingerprint density at radius 3 is 2.44 bits per heavy atom. The second-order valence-corrected chi connectivity index (χ2v) is 9.64. The third-order valence-electron chi connectivity index (χ3n) is 8.50. The zero-order valence-electron chi connectivity index (χ0n) is 17.1. The summed E-state index contributed by atoms with van der Waals surface area (Å²) in [7, 11) is 2.02. The number of hydrogen-bond donors (Lipinski definition) is 0. The molecule has 1 saturated heterocycles. The van der Waals surface area contributed by atoms with Gasteiger partial charge in [-0.25, -0.2) is 0 Å². The highest BCUT2D eigenvalue weighted by Gasteiger charge is 2.61. The van der Waals surface area contributed by atoms with Crippen LogP contribution in [0.2, 0.25) is 0 Å². The summed E-state index contributed by atoms with van der Waals surface area (Å²) < 4.78 is 0. The number of hydrogen-bond acceptors (Lipinski definition) is 2. The molecule has 4 aliphatic rings. The minimum absolute atomic E-state index is 0.256. The molecule has 1 heterocycles. The van der Waals surface area contributed by atoms with Crippen LogP contribution in [0.25, 0.3) is 0 Å². The van der Waals surface area contributed by atoms with Gasteiger partial charge in [0.25, 0.3) is 0 Å². The van der Waals surface area contributed by atoms with E-state index in [0.29, 0.717) is 47.8 Å². The molecule has 0 spiro atoms. The lowest BCUT2D eigenvalue weighted by Crippen LogP contribution is -2.62. The van der Waals surface area contributed by atoms with Crippen LogP contribution in [0.5, 0.6) is 0 Å². The highest BCUT2D eigenvalue weighted by Crippen LogP contribution is 2.65. The van der Waals surface area contributed by atoms with Crippen LogP contribution in [0, 0.1) is 34.5 Å². The molecule has 0 N–H and O–H groups in total. The molecule has 0 radical (unpaired) electrons. The molecule has 3 nitrogen and oxygen atoms in total. The number of fused-ring (bicyclic) bond motifs is 5. The minimum atomic E-state index is 0.256. The number of piperidine rings is 1. The van der Waals surface area contributed by atoms with Crippen molar-refractivity contribution in [3.05, 3.63) is 0 Å². The van der Waals surface area contributed by atoms with E-state index in [-0.39, 0.29) is 10.8 Å². The van der Waals surface area contributed by atoms with Crippen LogP contribution in [0.4, 0.5) is 0 Å². The van der Waals surface area contributed by atoms with E-state index < -0.39 is 0 Å². The number of amides is 1. The average molecular weight is 348 g/mol. The molecule has 1 aliphatic heterocycles. The van der Waals surface area contributed by atoms with E-state index in [9.17, 15) is 9.59 Å². The van der Waals surface area contributed by atoms with Crippen molar-refractivity contribution < 1.29 is 9.59 Å². The van der Waals surface area contributed by atoms with E-state index in [4.69, 9.17) is 0 Å². The standard InChI is InChI=1S/C20H31NO2.C2H6/c1-12-9-16-20(3,8-6-17(23)21(16)4)14-5-7-19(2)11-13(22)10-15(19)18(12)14;1-2/h12,14-16,18H,5-11H2,1-4H3;1-2H3/t12?,14?,15?,16?,18?,19-,20-;/m1./s1. The maximum Gasteiger partial charge on any atom is 0.222 e. The number of likely N-dealkylation sites (tertiary alicyclic amines) is 1. The van der Waals surface area contributed by atoms with Crippen LogP contribution in [-0.4, -0.2) is 29.7 Å². The molecular formula is C22H37NO2. The summed E-state index contributed by atoms with van der Waals surface area (Å²) in [5.41, 5.74) is 0.513. The number of rotatable bonds is 0. The van der Waals surface area contributed by atoms with Crippen LogP contribution in [0.3, 0.4) is 0 Å². The molecule has 0 aromatic rings. The highest BCUT2D eigenvalue weighted by molar-refractivity contribution is 5.82. The second kappa shape index (κ2) is 6.39. The monoisotopic (exact) mass is 347 g/mol. The second-order valence-electron chi connectivity index (χ2n) is 9.64. The van der Waals surface area contributed by atoms with Crippen molar-refractivity contribution in [2.24, 2.45) is 34.5 Å². The lowest BCUT2D eigenvalue weighted by Gasteiger charge is -2.63. The maximum absolute atomic E-state index is 12.2. The number of nitrogens with zero attached hydrogens (tertiary/aromatic N) is 1. The molecule has 3 heteroatoms. The average Bonchev–Trinajstić information content (AvgIpc) is 2.89. The van der Waals surface area contributed by atoms with Gasteiger partial charge in [0.2, 0.25) is 5.91 Å². The maximum atomic E-state index is 12.2. The van der Waals surface area contributed by atoms with Crippen LogP contribution in [0.1, 0.15) is 79.6 Å². The van der Waals surface area contributed by atoms with Crippen molar-refractivity contribution in [1.82, 2.24) is 4.90 Å². The fourth-order valence-electron chi connectivity index (χ4n) is 7.25. The third kappa shape index (κ3) is 2.68. The van der Waals surface area contributed by atoms with Gasteiger partial charge in [-0.15, -0.1) is 0 Å². The van der Waals surface area contributed by atoms with Gasteiger partial charge >= 0.3 is 0 Å². The lowest BCUT2D eigenvalue weighted by molar-refractivity contribution is -0.164. The molecule has 25 heavy (non-hydrogen) atoms. The van der Waals surface area contributed by atoms with Crippen molar-refractivity contribution in [2.75, 3.05) is 7.05 Å². The quantitative estimate of drug-likeness (QED) is 0.637. The van der Waals surface area contributed by atoms with Crippen molar-refractivity contribution in [3.8, 4) is 0 Å². The fourth-order valence-corrected chi connectivity index (χ4v) is 7.25. The molecule has 3 aliphatic carbocycles. The Morgan fingerprint density at radius 1 is 1.08 bits per heavy atom. The van der Waals surface area contributed by atoms with Gasteiger partial charge in [-0.1, -0.05) is 34.6 Å². The Bertz CT molecular complexity index is 558. The summed E-state index contributed by atoms with van der Waals surface area (Å²) >= 11 is 0. The zero-order chi connectivity index (χ0) is 18.6. The van der Waals surface area contributed by atoms with Crippen LogP contribution < -0.4 is 0 Å². The summed E-state index contributed by atoms with van der Waals surface area (Å²) in [4.78, 5) is 26.5. The first kappa shape index (κ1) is 18.9. The van der Waals surface area contributed by atoms with Gasteiger partial charge in [0, 0.05) is 32.4 Å². The first-order valence-corrected chi connectivity index (χ1v) is 10.5. The van der Waals surface area contributed by atoms with Crippen LogP contribution >= 0.6 is 0 Å². The molecule has 7 atom stereocenters. The number of carbonyl (C=O) groups is 2. The van der Waals surface area contributed by atoms with Gasteiger partial charge in [0.15, 0.2) is 0 Å². The highest BCUT2D eigenvalue weighted by atomic mass is 16.2. The molecule has 3 saturated carbocycles. The van der Waals surface area contributed by atoms with E-state index in [1.54, 1.807) is 0 Å². The number of Topliss-reactive ketones (excluding diaryl/α,β-unsaturated/α-hetero) is 1. The minimum Gasteiger partial charge on any atom is -0.342 e. The van der Waals surface area contributed by atoms with Gasteiger partial charge < -0.3 is 4.90 Å². The largest absolute Gasteiger partial charge is 0.342 e.